The molecule has 136 valence electrons. The highest BCUT2D eigenvalue weighted by atomic mass is 32.1. The molecule has 1 aromatic carbocycles. The molecular formula is C18H19N3O4S. The van der Waals surface area contributed by atoms with Gasteiger partial charge in [-0.2, -0.15) is 4.98 Å². The third kappa shape index (κ3) is 4.02. The molecule has 2 heterocycles. The Balaban J connectivity index is 1.62. The number of amides is 1. The van der Waals surface area contributed by atoms with Gasteiger partial charge in [-0.25, -0.2) is 0 Å². The molecule has 0 saturated heterocycles. The Kier molecular flexibility index (Phi) is 5.52. The summed E-state index contributed by atoms with van der Waals surface area (Å²) < 4.78 is 16.2. The smallest absolute Gasteiger partial charge is 0.263 e. The summed E-state index contributed by atoms with van der Waals surface area (Å²) in [6.07, 6.45) is -0.684. The SMILES string of the molecule is COc1ccccc1OC(C)C(=O)N(C)Cc1nc(-c2cccs2)no1. The van der Waals surface area contributed by atoms with Crippen LogP contribution in [0, 0.1) is 0 Å². The molecule has 3 aromatic rings. The molecule has 0 aliphatic heterocycles. The molecule has 3 rings (SSSR count). The second kappa shape index (κ2) is 8.01. The van der Waals surface area contributed by atoms with Gasteiger partial charge in [0.2, 0.25) is 11.7 Å². The van der Waals surface area contributed by atoms with Crippen LogP contribution >= 0.6 is 11.3 Å². The number of nitrogens with zero attached hydrogens (tertiary/aromatic N) is 3. The van der Waals surface area contributed by atoms with Crippen LogP contribution in [0.15, 0.2) is 46.3 Å². The van der Waals surface area contributed by atoms with Gasteiger partial charge in [0.25, 0.3) is 5.91 Å². The predicted molar refractivity (Wildman–Crippen MR) is 97.2 cm³/mol. The van der Waals surface area contributed by atoms with Gasteiger partial charge in [0.05, 0.1) is 18.5 Å². The normalized spacial score (nSPS) is 11.8. The van der Waals surface area contributed by atoms with Crippen LogP contribution in [-0.4, -0.2) is 41.2 Å². The van der Waals surface area contributed by atoms with Gasteiger partial charge in [-0.1, -0.05) is 23.4 Å². The fourth-order valence-corrected chi connectivity index (χ4v) is 3.02. The number of likely N-dealkylation sites (N-methyl/N-ethyl adjacent to an activating group) is 1. The lowest BCUT2D eigenvalue weighted by atomic mass is 10.3. The predicted octanol–water partition coefficient (Wildman–Crippen LogP) is 3.23. The minimum Gasteiger partial charge on any atom is -0.493 e. The maximum atomic E-state index is 12.6. The highest BCUT2D eigenvalue weighted by molar-refractivity contribution is 7.13. The zero-order valence-electron chi connectivity index (χ0n) is 14.7. The molecule has 1 amide bonds. The monoisotopic (exact) mass is 373 g/mol. The van der Waals surface area contributed by atoms with Gasteiger partial charge in [-0.05, 0) is 30.5 Å². The van der Waals surface area contributed by atoms with Crippen LogP contribution < -0.4 is 9.47 Å². The van der Waals surface area contributed by atoms with Crippen molar-refractivity contribution in [1.82, 2.24) is 15.0 Å². The molecule has 8 heteroatoms. The number of methoxy groups -OCH3 is 1. The van der Waals surface area contributed by atoms with Crippen LogP contribution in [0.5, 0.6) is 11.5 Å². The molecule has 2 aromatic heterocycles. The quantitative estimate of drug-likeness (QED) is 0.633. The van der Waals surface area contributed by atoms with Crippen molar-refractivity contribution in [2.45, 2.75) is 19.6 Å². The molecule has 0 spiro atoms. The van der Waals surface area contributed by atoms with Crippen molar-refractivity contribution >= 4 is 17.2 Å². The number of aromatic nitrogens is 2. The third-order valence-electron chi connectivity index (χ3n) is 3.68. The molecule has 7 nitrogen and oxygen atoms in total. The summed E-state index contributed by atoms with van der Waals surface area (Å²) in [6.45, 7) is 1.90. The summed E-state index contributed by atoms with van der Waals surface area (Å²) in [7, 11) is 3.22. The summed E-state index contributed by atoms with van der Waals surface area (Å²) >= 11 is 1.53. The Morgan fingerprint density at radius 3 is 2.73 bits per heavy atom. The highest BCUT2D eigenvalue weighted by Gasteiger charge is 2.22. The first-order chi connectivity index (χ1) is 12.6. The van der Waals surface area contributed by atoms with E-state index in [0.717, 1.165) is 4.88 Å². The van der Waals surface area contributed by atoms with E-state index >= 15 is 0 Å². The van der Waals surface area contributed by atoms with Crippen molar-refractivity contribution < 1.29 is 18.8 Å². The van der Waals surface area contributed by atoms with Crippen LogP contribution in [0.4, 0.5) is 0 Å². The van der Waals surface area contributed by atoms with Crippen molar-refractivity contribution in [1.29, 1.82) is 0 Å². The Bertz CT molecular complexity index is 863. The number of hydrogen-bond acceptors (Lipinski definition) is 7. The first-order valence-corrected chi connectivity index (χ1v) is 8.87. The molecular weight excluding hydrogens is 354 g/mol. The van der Waals surface area contributed by atoms with Crippen LogP contribution in [0.2, 0.25) is 0 Å². The van der Waals surface area contributed by atoms with Crippen LogP contribution in [0.25, 0.3) is 10.7 Å². The Morgan fingerprint density at radius 2 is 2.04 bits per heavy atom. The van der Waals surface area contributed by atoms with E-state index in [1.165, 1.54) is 16.2 Å². The number of para-hydroxylation sites is 2. The molecule has 26 heavy (non-hydrogen) atoms. The molecule has 0 saturated carbocycles. The first-order valence-electron chi connectivity index (χ1n) is 7.99. The van der Waals surface area contributed by atoms with Crippen molar-refractivity contribution in [2.75, 3.05) is 14.2 Å². The molecule has 0 fully saturated rings. The van der Waals surface area contributed by atoms with Gasteiger partial charge in [0, 0.05) is 7.05 Å². The standard InChI is InChI=1S/C18H19N3O4S/c1-12(24-14-8-5-4-7-13(14)23-3)18(22)21(2)11-16-19-17(20-25-16)15-9-6-10-26-15/h4-10,12H,11H2,1-3H3. The molecule has 0 N–H and O–H groups in total. The van der Waals surface area contributed by atoms with E-state index < -0.39 is 6.10 Å². The number of rotatable bonds is 7. The third-order valence-corrected chi connectivity index (χ3v) is 4.54. The van der Waals surface area contributed by atoms with Crippen LogP contribution in [-0.2, 0) is 11.3 Å². The largest absolute Gasteiger partial charge is 0.493 e. The number of carbonyl (C=O) groups is 1. The number of thiophene rings is 1. The second-order valence-electron chi connectivity index (χ2n) is 5.59. The van der Waals surface area contributed by atoms with Crippen LogP contribution in [0.3, 0.4) is 0 Å². The Hall–Kier alpha value is -2.87. The summed E-state index contributed by atoms with van der Waals surface area (Å²) in [5.41, 5.74) is 0. The van der Waals surface area contributed by atoms with Gasteiger partial charge in [0.15, 0.2) is 17.6 Å². The second-order valence-corrected chi connectivity index (χ2v) is 6.54. The average molecular weight is 373 g/mol. The van der Waals surface area contributed by atoms with Gasteiger partial charge in [-0.15, -0.1) is 11.3 Å². The number of ether oxygens (including phenoxy) is 2. The minimum atomic E-state index is -0.684. The fourth-order valence-electron chi connectivity index (χ4n) is 2.37. The van der Waals surface area contributed by atoms with E-state index in [1.54, 1.807) is 33.2 Å². The first kappa shape index (κ1) is 17.9. The summed E-state index contributed by atoms with van der Waals surface area (Å²) in [6, 6.07) is 11.0. The summed E-state index contributed by atoms with van der Waals surface area (Å²) in [4.78, 5) is 19.3. The lowest BCUT2D eigenvalue weighted by Gasteiger charge is -2.21. The van der Waals surface area contributed by atoms with E-state index in [-0.39, 0.29) is 12.5 Å². The maximum absolute atomic E-state index is 12.6. The maximum Gasteiger partial charge on any atom is 0.263 e. The number of carbonyl (C=O) groups excluding carboxylic acids is 1. The Morgan fingerprint density at radius 1 is 1.27 bits per heavy atom. The Labute approximate surface area is 155 Å². The molecule has 0 aliphatic rings. The number of hydrogen-bond donors (Lipinski definition) is 0. The van der Waals surface area contributed by atoms with Crippen LogP contribution in [0.1, 0.15) is 12.8 Å². The lowest BCUT2D eigenvalue weighted by Crippen LogP contribution is -2.37. The van der Waals surface area contributed by atoms with Crippen molar-refractivity contribution in [3.63, 3.8) is 0 Å². The van der Waals surface area contributed by atoms with Gasteiger partial charge in [0.1, 0.15) is 0 Å². The average Bonchev–Trinajstić information content (AvgIpc) is 3.33. The van der Waals surface area contributed by atoms with E-state index in [0.29, 0.717) is 23.2 Å². The van der Waals surface area contributed by atoms with E-state index in [4.69, 9.17) is 14.0 Å². The van der Waals surface area contributed by atoms with E-state index in [2.05, 4.69) is 10.1 Å². The molecule has 1 atom stereocenters. The molecule has 0 aliphatic carbocycles. The van der Waals surface area contributed by atoms with Gasteiger partial charge in [-0.3, -0.25) is 4.79 Å². The summed E-state index contributed by atoms with van der Waals surface area (Å²) in [5, 5.41) is 5.89. The zero-order chi connectivity index (χ0) is 18.5. The molecule has 1 unspecified atom stereocenters. The minimum absolute atomic E-state index is 0.202. The molecule has 0 radical (unpaired) electrons. The van der Waals surface area contributed by atoms with Crippen molar-refractivity contribution in [2.24, 2.45) is 0 Å². The van der Waals surface area contributed by atoms with Gasteiger partial charge < -0.3 is 18.9 Å². The van der Waals surface area contributed by atoms with E-state index in [9.17, 15) is 4.79 Å². The van der Waals surface area contributed by atoms with Gasteiger partial charge >= 0.3 is 0 Å². The fraction of sp³-hybridized carbons (Fsp3) is 0.278. The zero-order valence-corrected chi connectivity index (χ0v) is 15.5. The topological polar surface area (TPSA) is 77.7 Å². The summed E-state index contributed by atoms with van der Waals surface area (Å²) in [5.74, 6) is 1.78. The molecule has 0 bridgehead atoms. The lowest BCUT2D eigenvalue weighted by molar-refractivity contribution is -0.137. The van der Waals surface area contributed by atoms with E-state index in [1.807, 2.05) is 29.6 Å². The van der Waals surface area contributed by atoms with Crippen molar-refractivity contribution in [3.8, 4) is 22.2 Å². The number of benzene rings is 1. The highest BCUT2D eigenvalue weighted by Crippen LogP contribution is 2.27. The van der Waals surface area contributed by atoms with Crippen molar-refractivity contribution in [3.05, 3.63) is 47.7 Å².